The molecule has 134 valence electrons. The van der Waals surface area contributed by atoms with Gasteiger partial charge in [-0.3, -0.25) is 4.79 Å². The van der Waals surface area contributed by atoms with Gasteiger partial charge in [-0.1, -0.05) is 73.9 Å². The third kappa shape index (κ3) is 10.2. The summed E-state index contributed by atoms with van der Waals surface area (Å²) >= 11 is 3.79. The molecule has 1 fully saturated rings. The lowest BCUT2D eigenvalue weighted by Crippen LogP contribution is -2.05. The van der Waals surface area contributed by atoms with Crippen LogP contribution in [0.5, 0.6) is 0 Å². The number of carbonyl (C=O) groups is 1. The van der Waals surface area contributed by atoms with Crippen molar-refractivity contribution in [3.05, 3.63) is 10.6 Å². The molecule has 1 aliphatic rings. The highest BCUT2D eigenvalue weighted by atomic mass is 79.9. The minimum absolute atomic E-state index is 0.333. The van der Waals surface area contributed by atoms with Gasteiger partial charge >= 0.3 is 5.97 Å². The Morgan fingerprint density at radius 2 is 1.74 bits per heavy atom. The minimum Gasteiger partial charge on any atom is -0.481 e. The molecule has 0 bridgehead atoms. The van der Waals surface area contributed by atoms with Gasteiger partial charge in [-0.05, 0) is 54.8 Å². The number of carboxylic acid groups (broad SMARTS) is 1. The molecule has 0 aromatic rings. The Morgan fingerprint density at radius 1 is 1.04 bits per heavy atom. The zero-order valence-corrected chi connectivity index (χ0v) is 16.5. The van der Waals surface area contributed by atoms with Crippen molar-refractivity contribution >= 4 is 21.9 Å². The minimum atomic E-state index is -0.658. The van der Waals surface area contributed by atoms with Gasteiger partial charge in [-0.15, -0.1) is 0 Å². The maximum absolute atomic E-state index is 10.5. The molecule has 2 nitrogen and oxygen atoms in total. The Bertz CT molecular complexity index is 352. The summed E-state index contributed by atoms with van der Waals surface area (Å²) in [4.78, 5) is 10.5. The van der Waals surface area contributed by atoms with Crippen LogP contribution in [0.3, 0.4) is 0 Å². The summed E-state index contributed by atoms with van der Waals surface area (Å²) in [6, 6.07) is 0. The first-order valence-electron chi connectivity index (χ1n) is 9.71. The van der Waals surface area contributed by atoms with E-state index >= 15 is 0 Å². The van der Waals surface area contributed by atoms with E-state index in [9.17, 15) is 4.79 Å². The standard InChI is InChI=1S/C20H35BrO2/c1-2-3-4-8-14-19(21)16-18-13-10-12-17(18)11-7-5-6-9-15-20(22)23/h16-18H,2-15H2,1H3,(H,22,23)/t17-,18+/m0/s1. The SMILES string of the molecule is CCCCCCC(Br)=C[C@H]1CCC[C@@H]1CCCCCCC(=O)O. The Kier molecular flexibility index (Phi) is 11.8. The highest BCUT2D eigenvalue weighted by molar-refractivity contribution is 9.11. The lowest BCUT2D eigenvalue weighted by molar-refractivity contribution is -0.137. The summed E-state index contributed by atoms with van der Waals surface area (Å²) < 4.78 is 1.42. The van der Waals surface area contributed by atoms with Crippen molar-refractivity contribution in [1.82, 2.24) is 0 Å². The molecule has 1 N–H and O–H groups in total. The van der Waals surface area contributed by atoms with E-state index in [4.69, 9.17) is 5.11 Å². The van der Waals surface area contributed by atoms with Crippen molar-refractivity contribution in [2.75, 3.05) is 0 Å². The van der Waals surface area contributed by atoms with E-state index in [0.717, 1.165) is 24.7 Å². The Balaban J connectivity index is 2.18. The lowest BCUT2D eigenvalue weighted by atomic mass is 9.90. The molecule has 0 unspecified atom stereocenters. The summed E-state index contributed by atoms with van der Waals surface area (Å²) in [5.74, 6) is 0.974. The van der Waals surface area contributed by atoms with Gasteiger partial charge in [0.1, 0.15) is 0 Å². The maximum atomic E-state index is 10.5. The van der Waals surface area contributed by atoms with E-state index in [1.807, 2.05) is 0 Å². The smallest absolute Gasteiger partial charge is 0.303 e. The predicted molar refractivity (Wildman–Crippen MR) is 102 cm³/mol. The highest BCUT2D eigenvalue weighted by Gasteiger charge is 2.25. The molecule has 0 amide bonds. The van der Waals surface area contributed by atoms with E-state index in [0.29, 0.717) is 6.42 Å². The second kappa shape index (κ2) is 13.0. The van der Waals surface area contributed by atoms with E-state index in [-0.39, 0.29) is 0 Å². The van der Waals surface area contributed by atoms with Gasteiger partial charge in [0.2, 0.25) is 0 Å². The van der Waals surface area contributed by atoms with Gasteiger partial charge in [-0.2, -0.15) is 0 Å². The van der Waals surface area contributed by atoms with E-state index in [1.165, 1.54) is 75.1 Å². The predicted octanol–water partition coefficient (Wildman–Crippen LogP) is 7.08. The summed E-state index contributed by atoms with van der Waals surface area (Å²) in [7, 11) is 0. The monoisotopic (exact) mass is 386 g/mol. The summed E-state index contributed by atoms with van der Waals surface area (Å²) in [5.41, 5.74) is 0. The van der Waals surface area contributed by atoms with E-state index < -0.39 is 5.97 Å². The van der Waals surface area contributed by atoms with Gasteiger partial charge in [0.05, 0.1) is 0 Å². The first-order chi connectivity index (χ1) is 11.1. The Labute approximate surface area is 151 Å². The number of hydrogen-bond acceptors (Lipinski definition) is 1. The van der Waals surface area contributed by atoms with Crippen LogP contribution in [-0.4, -0.2) is 11.1 Å². The third-order valence-electron chi connectivity index (χ3n) is 5.10. The van der Waals surface area contributed by atoms with Crippen LogP contribution in [-0.2, 0) is 4.79 Å². The summed E-state index contributed by atoms with van der Waals surface area (Å²) in [6.45, 7) is 2.26. The molecule has 0 aromatic carbocycles. The van der Waals surface area contributed by atoms with Crippen LogP contribution in [0.2, 0.25) is 0 Å². The van der Waals surface area contributed by atoms with Crippen molar-refractivity contribution in [2.45, 2.75) is 96.8 Å². The Hall–Kier alpha value is -0.310. The zero-order chi connectivity index (χ0) is 16.9. The average Bonchev–Trinajstić information content (AvgIpc) is 2.94. The van der Waals surface area contributed by atoms with E-state index in [1.54, 1.807) is 0 Å². The third-order valence-corrected chi connectivity index (χ3v) is 5.76. The number of halogens is 1. The second-order valence-corrected chi connectivity index (χ2v) is 8.14. The number of aliphatic carboxylic acids is 1. The molecular weight excluding hydrogens is 352 g/mol. The highest BCUT2D eigenvalue weighted by Crippen LogP contribution is 2.38. The van der Waals surface area contributed by atoms with Gasteiger partial charge in [0.25, 0.3) is 0 Å². The molecule has 0 spiro atoms. The molecular formula is C20H35BrO2. The van der Waals surface area contributed by atoms with Crippen LogP contribution in [0, 0.1) is 11.8 Å². The first-order valence-corrected chi connectivity index (χ1v) is 10.5. The zero-order valence-electron chi connectivity index (χ0n) is 14.9. The summed E-state index contributed by atoms with van der Waals surface area (Å²) in [5, 5.41) is 8.64. The number of allylic oxidation sites excluding steroid dienone is 2. The van der Waals surface area contributed by atoms with Crippen LogP contribution in [0.15, 0.2) is 10.6 Å². The molecule has 0 aliphatic heterocycles. The fourth-order valence-corrected chi connectivity index (χ4v) is 4.34. The molecule has 1 saturated carbocycles. The maximum Gasteiger partial charge on any atom is 0.303 e. The molecule has 0 heterocycles. The van der Waals surface area contributed by atoms with Gasteiger partial charge in [0, 0.05) is 6.42 Å². The van der Waals surface area contributed by atoms with Gasteiger partial charge in [0.15, 0.2) is 0 Å². The topological polar surface area (TPSA) is 37.3 Å². The number of carboxylic acids is 1. The van der Waals surface area contributed by atoms with Gasteiger partial charge in [-0.25, -0.2) is 0 Å². The fraction of sp³-hybridized carbons (Fsp3) is 0.850. The van der Waals surface area contributed by atoms with Crippen LogP contribution in [0.1, 0.15) is 96.8 Å². The normalized spacial score (nSPS) is 21.7. The largest absolute Gasteiger partial charge is 0.481 e. The molecule has 1 aliphatic carbocycles. The first kappa shape index (κ1) is 20.7. The van der Waals surface area contributed by atoms with Crippen LogP contribution >= 0.6 is 15.9 Å². The second-order valence-electron chi connectivity index (χ2n) is 7.13. The molecule has 3 heteroatoms. The van der Waals surface area contributed by atoms with Crippen molar-refractivity contribution in [1.29, 1.82) is 0 Å². The average molecular weight is 387 g/mol. The molecule has 2 atom stereocenters. The quantitative estimate of drug-likeness (QED) is 0.343. The molecule has 0 saturated heterocycles. The Morgan fingerprint density at radius 3 is 2.48 bits per heavy atom. The van der Waals surface area contributed by atoms with Crippen LogP contribution in [0.4, 0.5) is 0 Å². The molecule has 0 aromatic heterocycles. The van der Waals surface area contributed by atoms with E-state index in [2.05, 4.69) is 28.9 Å². The number of unbranched alkanes of at least 4 members (excludes halogenated alkanes) is 6. The van der Waals surface area contributed by atoms with Crippen LogP contribution < -0.4 is 0 Å². The number of hydrogen-bond donors (Lipinski definition) is 1. The van der Waals surface area contributed by atoms with Crippen LogP contribution in [0.25, 0.3) is 0 Å². The van der Waals surface area contributed by atoms with Crippen molar-refractivity contribution in [2.24, 2.45) is 11.8 Å². The lowest BCUT2D eigenvalue weighted by Gasteiger charge is -2.17. The molecule has 0 radical (unpaired) electrons. The fourth-order valence-electron chi connectivity index (χ4n) is 3.72. The number of rotatable bonds is 13. The summed E-state index contributed by atoms with van der Waals surface area (Å²) in [6.07, 6.45) is 19.2. The van der Waals surface area contributed by atoms with Crippen molar-refractivity contribution < 1.29 is 9.90 Å². The molecule has 23 heavy (non-hydrogen) atoms. The van der Waals surface area contributed by atoms with Crippen molar-refractivity contribution in [3.8, 4) is 0 Å². The van der Waals surface area contributed by atoms with Gasteiger partial charge < -0.3 is 5.11 Å². The van der Waals surface area contributed by atoms with Crippen molar-refractivity contribution in [3.63, 3.8) is 0 Å². The molecule has 1 rings (SSSR count).